The lowest BCUT2D eigenvalue weighted by atomic mass is 10.1. The summed E-state index contributed by atoms with van der Waals surface area (Å²) in [4.78, 5) is 16.9. The van der Waals surface area contributed by atoms with E-state index in [-0.39, 0.29) is 5.91 Å². The second-order valence-electron chi connectivity index (χ2n) is 7.78. The Labute approximate surface area is 189 Å². The number of nitrogens with one attached hydrogen (secondary N) is 1. The summed E-state index contributed by atoms with van der Waals surface area (Å²) in [6.45, 7) is 6.94. The van der Waals surface area contributed by atoms with Crippen molar-refractivity contribution in [3.8, 4) is 17.2 Å². The number of benzene rings is 2. The molecule has 1 fully saturated rings. The fourth-order valence-corrected chi connectivity index (χ4v) is 3.62. The lowest BCUT2D eigenvalue weighted by Crippen LogP contribution is -2.48. The average molecular weight is 441 g/mol. The highest BCUT2D eigenvalue weighted by molar-refractivity contribution is 5.86. The Kier molecular flexibility index (Phi) is 8.47. The maximum absolute atomic E-state index is 12.3. The molecule has 8 nitrogen and oxygen atoms in total. The number of carbonyl (C=O) groups excluding carboxylic acids is 1. The molecule has 8 heteroatoms. The van der Waals surface area contributed by atoms with Gasteiger partial charge in [0.15, 0.2) is 11.5 Å². The third-order valence-corrected chi connectivity index (χ3v) is 5.49. The van der Waals surface area contributed by atoms with E-state index in [1.54, 1.807) is 33.5 Å². The van der Waals surface area contributed by atoms with Crippen LogP contribution in [-0.2, 0) is 11.3 Å². The van der Waals surface area contributed by atoms with Gasteiger partial charge in [-0.25, -0.2) is 5.43 Å². The SMILES string of the molecule is COc1cc(OC)c(OC)cc1/C=N/NC(=O)CN1CCN(Cc2ccc(C)cc2)CC1. The Morgan fingerprint density at radius 1 is 0.938 bits per heavy atom. The lowest BCUT2D eigenvalue weighted by Gasteiger charge is -2.34. The molecular weight excluding hydrogens is 408 g/mol. The van der Waals surface area contributed by atoms with Crippen LogP contribution in [0.1, 0.15) is 16.7 Å². The van der Waals surface area contributed by atoms with Crippen LogP contribution < -0.4 is 19.6 Å². The minimum atomic E-state index is -0.146. The minimum absolute atomic E-state index is 0.146. The predicted octanol–water partition coefficient (Wildman–Crippen LogP) is 2.29. The molecule has 0 aromatic heterocycles. The van der Waals surface area contributed by atoms with Crippen LogP contribution >= 0.6 is 0 Å². The van der Waals surface area contributed by atoms with E-state index in [0.29, 0.717) is 29.4 Å². The van der Waals surface area contributed by atoms with Gasteiger partial charge in [0.25, 0.3) is 5.91 Å². The smallest absolute Gasteiger partial charge is 0.254 e. The van der Waals surface area contributed by atoms with Crippen LogP contribution in [0, 0.1) is 6.92 Å². The van der Waals surface area contributed by atoms with E-state index in [4.69, 9.17) is 14.2 Å². The van der Waals surface area contributed by atoms with E-state index in [0.717, 1.165) is 32.7 Å². The van der Waals surface area contributed by atoms with Crippen LogP contribution in [0.15, 0.2) is 41.5 Å². The van der Waals surface area contributed by atoms with Crippen molar-refractivity contribution in [1.29, 1.82) is 0 Å². The highest BCUT2D eigenvalue weighted by atomic mass is 16.5. The summed E-state index contributed by atoms with van der Waals surface area (Å²) >= 11 is 0. The molecule has 32 heavy (non-hydrogen) atoms. The highest BCUT2D eigenvalue weighted by Crippen LogP contribution is 2.33. The number of piperazine rings is 1. The molecule has 1 N–H and O–H groups in total. The standard InChI is InChI=1S/C24H32N4O4/c1-18-5-7-19(8-6-18)16-27-9-11-28(12-10-27)17-24(29)26-25-15-20-13-22(31-3)23(32-4)14-21(20)30-2/h5-8,13-15H,9-12,16-17H2,1-4H3,(H,26,29)/b25-15+. The van der Waals surface area contributed by atoms with Crippen LogP contribution in [-0.4, -0.2) is 76.0 Å². The van der Waals surface area contributed by atoms with Crippen LogP contribution in [0.25, 0.3) is 0 Å². The first-order chi connectivity index (χ1) is 15.5. The number of aryl methyl sites for hydroxylation is 1. The number of methoxy groups -OCH3 is 3. The van der Waals surface area contributed by atoms with E-state index >= 15 is 0 Å². The number of nitrogens with zero attached hydrogens (tertiary/aromatic N) is 3. The van der Waals surface area contributed by atoms with Crippen LogP contribution in [0.3, 0.4) is 0 Å². The van der Waals surface area contributed by atoms with Crippen LogP contribution in [0.4, 0.5) is 0 Å². The molecule has 0 bridgehead atoms. The van der Waals surface area contributed by atoms with Gasteiger partial charge in [-0.15, -0.1) is 0 Å². The van der Waals surface area contributed by atoms with Crippen LogP contribution in [0.5, 0.6) is 17.2 Å². The summed E-state index contributed by atoms with van der Waals surface area (Å²) in [5.74, 6) is 1.55. The summed E-state index contributed by atoms with van der Waals surface area (Å²) in [6, 6.07) is 12.1. The summed E-state index contributed by atoms with van der Waals surface area (Å²) in [7, 11) is 4.69. The molecule has 0 saturated carbocycles. The molecule has 1 aliphatic heterocycles. The number of hydrogen-bond acceptors (Lipinski definition) is 7. The van der Waals surface area contributed by atoms with E-state index in [1.165, 1.54) is 17.3 Å². The van der Waals surface area contributed by atoms with Crippen molar-refractivity contribution in [3.63, 3.8) is 0 Å². The Hall–Kier alpha value is -3.10. The van der Waals surface area contributed by atoms with Crippen molar-refractivity contribution >= 4 is 12.1 Å². The molecule has 2 aromatic rings. The predicted molar refractivity (Wildman–Crippen MR) is 125 cm³/mol. The number of ether oxygens (including phenoxy) is 3. The van der Waals surface area contributed by atoms with E-state index in [1.807, 2.05) is 0 Å². The summed E-state index contributed by atoms with van der Waals surface area (Å²) in [6.07, 6.45) is 1.54. The fraction of sp³-hybridized carbons (Fsp3) is 0.417. The van der Waals surface area contributed by atoms with Gasteiger partial charge in [-0.3, -0.25) is 14.6 Å². The van der Waals surface area contributed by atoms with Gasteiger partial charge in [-0.2, -0.15) is 5.10 Å². The molecule has 0 aliphatic carbocycles. The zero-order valence-electron chi connectivity index (χ0n) is 19.3. The molecule has 1 saturated heterocycles. The lowest BCUT2D eigenvalue weighted by molar-refractivity contribution is -0.122. The minimum Gasteiger partial charge on any atom is -0.496 e. The van der Waals surface area contributed by atoms with Gasteiger partial charge in [0.2, 0.25) is 0 Å². The van der Waals surface area contributed by atoms with Crippen molar-refractivity contribution in [1.82, 2.24) is 15.2 Å². The Morgan fingerprint density at radius 2 is 1.53 bits per heavy atom. The third-order valence-electron chi connectivity index (χ3n) is 5.49. The molecule has 172 valence electrons. The van der Waals surface area contributed by atoms with E-state index in [2.05, 4.69) is 51.5 Å². The largest absolute Gasteiger partial charge is 0.496 e. The van der Waals surface area contributed by atoms with Crippen molar-refractivity contribution in [2.45, 2.75) is 13.5 Å². The normalized spacial score (nSPS) is 15.0. The number of rotatable bonds is 9. The second kappa shape index (κ2) is 11.5. The maximum Gasteiger partial charge on any atom is 0.254 e. The molecule has 0 spiro atoms. The van der Waals surface area contributed by atoms with Crippen molar-refractivity contribution in [3.05, 3.63) is 53.1 Å². The Morgan fingerprint density at radius 3 is 2.16 bits per heavy atom. The topological polar surface area (TPSA) is 75.6 Å². The Balaban J connectivity index is 1.46. The summed E-state index contributed by atoms with van der Waals surface area (Å²) < 4.78 is 16.0. The molecular formula is C24H32N4O4. The zero-order valence-corrected chi connectivity index (χ0v) is 19.3. The molecule has 0 unspecified atom stereocenters. The van der Waals surface area contributed by atoms with Gasteiger partial charge in [-0.05, 0) is 18.6 Å². The molecule has 1 heterocycles. The first-order valence-electron chi connectivity index (χ1n) is 10.6. The first-order valence-corrected chi connectivity index (χ1v) is 10.6. The quantitative estimate of drug-likeness (QED) is 0.476. The molecule has 3 rings (SSSR count). The first kappa shape index (κ1) is 23.6. The number of hydrogen-bond donors (Lipinski definition) is 1. The fourth-order valence-electron chi connectivity index (χ4n) is 3.62. The number of carbonyl (C=O) groups is 1. The molecule has 0 atom stereocenters. The number of amides is 1. The third kappa shape index (κ3) is 6.45. The number of hydrazone groups is 1. The van der Waals surface area contributed by atoms with Gasteiger partial charge >= 0.3 is 0 Å². The molecule has 1 amide bonds. The van der Waals surface area contributed by atoms with Gasteiger partial charge in [0.05, 0.1) is 34.1 Å². The van der Waals surface area contributed by atoms with E-state index in [9.17, 15) is 4.79 Å². The van der Waals surface area contributed by atoms with Gasteiger partial charge < -0.3 is 14.2 Å². The van der Waals surface area contributed by atoms with Crippen LogP contribution in [0.2, 0.25) is 0 Å². The average Bonchev–Trinajstić information content (AvgIpc) is 2.81. The monoisotopic (exact) mass is 440 g/mol. The molecule has 1 aliphatic rings. The van der Waals surface area contributed by atoms with Crippen molar-refractivity contribution in [2.75, 3.05) is 54.1 Å². The van der Waals surface area contributed by atoms with Gasteiger partial charge in [0, 0.05) is 44.4 Å². The van der Waals surface area contributed by atoms with Crippen molar-refractivity contribution in [2.24, 2.45) is 5.10 Å². The van der Waals surface area contributed by atoms with E-state index < -0.39 is 0 Å². The summed E-state index contributed by atoms with van der Waals surface area (Å²) in [5.41, 5.74) is 5.87. The molecule has 0 radical (unpaired) electrons. The Bertz CT molecular complexity index is 922. The maximum atomic E-state index is 12.3. The van der Waals surface area contributed by atoms with Gasteiger partial charge in [-0.1, -0.05) is 29.8 Å². The zero-order chi connectivity index (χ0) is 22.9. The van der Waals surface area contributed by atoms with Gasteiger partial charge in [0.1, 0.15) is 5.75 Å². The second-order valence-corrected chi connectivity index (χ2v) is 7.78. The summed E-state index contributed by atoms with van der Waals surface area (Å²) in [5, 5.41) is 4.09. The highest BCUT2D eigenvalue weighted by Gasteiger charge is 2.19. The molecule has 2 aromatic carbocycles. The van der Waals surface area contributed by atoms with Crippen molar-refractivity contribution < 1.29 is 19.0 Å².